The number of ether oxygens (including phenoxy) is 1. The zero-order valence-electron chi connectivity index (χ0n) is 16.3. The van der Waals surface area contributed by atoms with Crippen molar-refractivity contribution >= 4 is 22.5 Å². The van der Waals surface area contributed by atoms with Crippen LogP contribution in [-0.4, -0.2) is 17.5 Å². The smallest absolute Gasteiger partial charge is 0.262 e. The largest absolute Gasteiger partial charge is 0.481 e. The number of nitrogens with one attached hydrogen (secondary N) is 1. The normalized spacial score (nSPS) is 11.2. The van der Waals surface area contributed by atoms with Gasteiger partial charge < -0.3 is 10.1 Å². The minimum atomic E-state index is -0.169. The zero-order chi connectivity index (χ0) is 19.4. The number of hydrogen-bond acceptors (Lipinski definition) is 3. The molecule has 4 nitrogen and oxygen atoms in total. The van der Waals surface area contributed by atoms with E-state index in [9.17, 15) is 4.79 Å². The van der Waals surface area contributed by atoms with Gasteiger partial charge in [0, 0.05) is 17.3 Å². The first kappa shape index (κ1) is 18.9. The molecule has 3 aromatic rings. The number of rotatable bonds is 6. The van der Waals surface area contributed by atoms with Crippen LogP contribution >= 0.6 is 0 Å². The number of carbonyl (C=O) groups is 1. The Morgan fingerprint density at radius 1 is 0.963 bits per heavy atom. The van der Waals surface area contributed by atoms with Crippen molar-refractivity contribution in [2.24, 2.45) is 0 Å². The number of fused-ring (bicyclic) bond motifs is 1. The molecule has 2 aromatic carbocycles. The van der Waals surface area contributed by atoms with Gasteiger partial charge in [-0.1, -0.05) is 64.1 Å². The summed E-state index contributed by atoms with van der Waals surface area (Å²) in [6.07, 6.45) is 1.73. The maximum Gasteiger partial charge on any atom is 0.262 e. The van der Waals surface area contributed by atoms with Crippen LogP contribution in [0.3, 0.4) is 0 Å². The van der Waals surface area contributed by atoms with Gasteiger partial charge >= 0.3 is 0 Å². The minimum absolute atomic E-state index is 0.0559. The second-order valence-corrected chi connectivity index (χ2v) is 7.29. The highest BCUT2D eigenvalue weighted by Gasteiger charge is 2.16. The maximum absolute atomic E-state index is 12.6. The third-order valence-corrected chi connectivity index (χ3v) is 4.59. The summed E-state index contributed by atoms with van der Waals surface area (Å²) < 4.78 is 5.78. The lowest BCUT2D eigenvalue weighted by atomic mass is 9.92. The monoisotopic (exact) mass is 362 g/mol. The maximum atomic E-state index is 12.6. The van der Waals surface area contributed by atoms with Crippen LogP contribution in [0, 0.1) is 0 Å². The van der Waals surface area contributed by atoms with Gasteiger partial charge in [0.25, 0.3) is 5.91 Å². The van der Waals surface area contributed by atoms with Gasteiger partial charge in [-0.15, -0.1) is 0 Å². The summed E-state index contributed by atoms with van der Waals surface area (Å²) in [5.74, 6) is 1.09. The summed E-state index contributed by atoms with van der Waals surface area (Å²) in [5.41, 5.74) is 3.95. The fourth-order valence-corrected chi connectivity index (χ4v) is 3.21. The molecule has 0 radical (unpaired) electrons. The molecule has 0 fully saturated rings. The van der Waals surface area contributed by atoms with Crippen LogP contribution < -0.4 is 10.1 Å². The van der Waals surface area contributed by atoms with Crippen LogP contribution in [0.4, 0.5) is 5.69 Å². The van der Waals surface area contributed by atoms with Crippen LogP contribution in [0.5, 0.6) is 5.75 Å². The quantitative estimate of drug-likeness (QED) is 0.630. The molecule has 3 rings (SSSR count). The lowest BCUT2D eigenvalue weighted by molar-refractivity contribution is -0.118. The van der Waals surface area contributed by atoms with Gasteiger partial charge in [-0.25, -0.2) is 0 Å². The van der Waals surface area contributed by atoms with Crippen LogP contribution in [0.1, 0.15) is 50.7 Å². The molecular formula is C23H26N2O2. The number of hydrogen-bond donors (Lipinski definition) is 1. The van der Waals surface area contributed by atoms with E-state index in [1.165, 1.54) is 0 Å². The van der Waals surface area contributed by atoms with Crippen LogP contribution in [0.15, 0.2) is 54.7 Å². The van der Waals surface area contributed by atoms with Gasteiger partial charge in [0.05, 0.1) is 0 Å². The number of benzene rings is 2. The molecule has 0 saturated heterocycles. The van der Waals surface area contributed by atoms with Crippen molar-refractivity contribution in [3.8, 4) is 5.75 Å². The van der Waals surface area contributed by atoms with E-state index in [0.29, 0.717) is 17.6 Å². The number of para-hydroxylation sites is 2. The summed E-state index contributed by atoms with van der Waals surface area (Å²) in [7, 11) is 0. The molecule has 1 heterocycles. The highest BCUT2D eigenvalue weighted by atomic mass is 16.5. The number of anilines is 1. The second kappa shape index (κ2) is 8.21. The number of aromatic nitrogens is 1. The summed E-state index contributed by atoms with van der Waals surface area (Å²) >= 11 is 0. The van der Waals surface area contributed by atoms with E-state index in [1.54, 1.807) is 6.20 Å². The standard InChI is InChI=1S/C23H26N2O2/c1-15(2)18-10-6-11-19(16(3)4)23(18)25-21(26)14-27-20-12-5-8-17-9-7-13-24-22(17)20/h5-13,15-16H,14H2,1-4H3,(H,25,26). The summed E-state index contributed by atoms with van der Waals surface area (Å²) in [5, 5.41) is 4.06. The van der Waals surface area contributed by atoms with Crippen molar-refractivity contribution in [3.05, 3.63) is 65.9 Å². The minimum Gasteiger partial charge on any atom is -0.481 e. The van der Waals surface area contributed by atoms with E-state index >= 15 is 0 Å². The third-order valence-electron chi connectivity index (χ3n) is 4.59. The Morgan fingerprint density at radius 2 is 1.59 bits per heavy atom. The molecule has 1 amide bonds. The molecule has 0 saturated carbocycles. The predicted octanol–water partition coefficient (Wildman–Crippen LogP) is 5.50. The highest BCUT2D eigenvalue weighted by Crippen LogP contribution is 2.32. The molecule has 1 aromatic heterocycles. The molecule has 0 unspecified atom stereocenters. The van der Waals surface area contributed by atoms with E-state index in [1.807, 2.05) is 30.3 Å². The SMILES string of the molecule is CC(C)c1cccc(C(C)C)c1NC(=O)COc1cccc2cccnc12. The van der Waals surface area contributed by atoms with Gasteiger partial charge in [0.2, 0.25) is 0 Å². The van der Waals surface area contributed by atoms with Gasteiger partial charge in [-0.05, 0) is 35.1 Å². The Balaban J connectivity index is 1.78. The van der Waals surface area contributed by atoms with E-state index in [-0.39, 0.29) is 12.5 Å². The van der Waals surface area contributed by atoms with Crippen molar-refractivity contribution in [1.29, 1.82) is 0 Å². The third kappa shape index (κ3) is 4.27. The topological polar surface area (TPSA) is 51.2 Å². The van der Waals surface area contributed by atoms with Crippen LogP contribution in [0.2, 0.25) is 0 Å². The molecule has 4 heteroatoms. The van der Waals surface area contributed by atoms with Gasteiger partial charge in [-0.2, -0.15) is 0 Å². The second-order valence-electron chi connectivity index (χ2n) is 7.29. The molecule has 0 aliphatic carbocycles. The van der Waals surface area contributed by atoms with Gasteiger partial charge in [0.1, 0.15) is 11.3 Å². The van der Waals surface area contributed by atoms with Crippen LogP contribution in [0.25, 0.3) is 10.9 Å². The zero-order valence-corrected chi connectivity index (χ0v) is 16.3. The average Bonchev–Trinajstić information content (AvgIpc) is 2.66. The molecule has 0 aliphatic heterocycles. The van der Waals surface area contributed by atoms with E-state index in [2.05, 4.69) is 56.2 Å². The van der Waals surface area contributed by atoms with Crippen molar-refractivity contribution in [3.63, 3.8) is 0 Å². The number of carbonyl (C=O) groups excluding carboxylic acids is 1. The highest BCUT2D eigenvalue weighted by molar-refractivity contribution is 5.94. The lowest BCUT2D eigenvalue weighted by Gasteiger charge is -2.20. The Labute approximate surface area is 160 Å². The fourth-order valence-electron chi connectivity index (χ4n) is 3.21. The first-order valence-electron chi connectivity index (χ1n) is 9.36. The molecule has 0 aliphatic rings. The van der Waals surface area contributed by atoms with E-state index in [4.69, 9.17) is 4.74 Å². The predicted molar refractivity (Wildman–Crippen MR) is 110 cm³/mol. The molecule has 0 bridgehead atoms. The van der Waals surface area contributed by atoms with Crippen molar-refractivity contribution in [1.82, 2.24) is 4.98 Å². The van der Waals surface area contributed by atoms with Crippen molar-refractivity contribution in [2.75, 3.05) is 11.9 Å². The molecule has 140 valence electrons. The molecule has 1 N–H and O–H groups in total. The van der Waals surface area contributed by atoms with Gasteiger partial charge in [0.15, 0.2) is 6.61 Å². The molecule has 0 atom stereocenters. The average molecular weight is 362 g/mol. The Kier molecular flexibility index (Phi) is 5.75. The molecule has 27 heavy (non-hydrogen) atoms. The number of amides is 1. The Bertz CT molecular complexity index is 917. The lowest BCUT2D eigenvalue weighted by Crippen LogP contribution is -2.22. The fraction of sp³-hybridized carbons (Fsp3) is 0.304. The van der Waals surface area contributed by atoms with Gasteiger partial charge in [-0.3, -0.25) is 9.78 Å². The first-order chi connectivity index (χ1) is 13.0. The Hall–Kier alpha value is -2.88. The van der Waals surface area contributed by atoms with Crippen molar-refractivity contribution < 1.29 is 9.53 Å². The molecule has 0 spiro atoms. The van der Waals surface area contributed by atoms with Crippen LogP contribution in [-0.2, 0) is 4.79 Å². The number of pyridine rings is 1. The van der Waals surface area contributed by atoms with E-state index < -0.39 is 0 Å². The van der Waals surface area contributed by atoms with Crippen molar-refractivity contribution in [2.45, 2.75) is 39.5 Å². The first-order valence-corrected chi connectivity index (χ1v) is 9.36. The summed E-state index contributed by atoms with van der Waals surface area (Å²) in [6.45, 7) is 8.47. The number of nitrogens with zero attached hydrogens (tertiary/aromatic N) is 1. The summed E-state index contributed by atoms with van der Waals surface area (Å²) in [4.78, 5) is 17.0. The Morgan fingerprint density at radius 3 is 2.26 bits per heavy atom. The summed E-state index contributed by atoms with van der Waals surface area (Å²) in [6, 6.07) is 15.8. The van der Waals surface area contributed by atoms with E-state index in [0.717, 1.165) is 27.7 Å². The molecular weight excluding hydrogens is 336 g/mol.